The highest BCUT2D eigenvalue weighted by Crippen LogP contribution is 2.40. The minimum Gasteiger partial charge on any atom is -0.277 e. The van der Waals surface area contributed by atoms with Gasteiger partial charge in [-0.1, -0.05) is 170 Å². The van der Waals surface area contributed by atoms with Gasteiger partial charge in [-0.25, -0.2) is 4.98 Å². The average Bonchev–Trinajstić information content (AvgIpc) is 3.87. The fourth-order valence-electron chi connectivity index (χ4n) is 7.73. The van der Waals surface area contributed by atoms with Crippen molar-refractivity contribution in [2.45, 2.75) is 0 Å². The van der Waals surface area contributed by atoms with Crippen LogP contribution in [0.1, 0.15) is 5.48 Å². The normalized spacial score (nSPS) is 12.6. The molecule has 8 aromatic carbocycles. The molecule has 56 heavy (non-hydrogen) atoms. The number of thiophene rings is 1. The Hall–Kier alpha value is -7.21. The zero-order chi connectivity index (χ0) is 40.5. The van der Waals surface area contributed by atoms with Gasteiger partial charge < -0.3 is 0 Å². The second-order valence-corrected chi connectivity index (χ2v) is 14.8. The maximum Gasteiger partial charge on any atom is 0.238 e. The van der Waals surface area contributed by atoms with E-state index in [2.05, 4.69) is 91.0 Å². The molecule has 4 nitrogen and oxygen atoms in total. The van der Waals surface area contributed by atoms with Crippen LogP contribution in [0.4, 0.5) is 0 Å². The van der Waals surface area contributed by atoms with Gasteiger partial charge in [0.15, 0.2) is 11.6 Å². The topological polar surface area (TPSA) is 43.6 Å². The van der Waals surface area contributed by atoms with Gasteiger partial charge in [-0.15, -0.1) is 11.3 Å². The first kappa shape index (κ1) is 28.3. The van der Waals surface area contributed by atoms with Gasteiger partial charge in [-0.2, -0.15) is 9.97 Å². The number of hydrogen-bond acceptors (Lipinski definition) is 4. The molecule has 0 bridgehead atoms. The third kappa shape index (κ3) is 5.48. The summed E-state index contributed by atoms with van der Waals surface area (Å²) in [5.74, 6) is 1.13. The van der Waals surface area contributed by atoms with E-state index < -0.39 is 0 Å². The van der Waals surface area contributed by atoms with Crippen molar-refractivity contribution in [3.8, 4) is 62.1 Å². The summed E-state index contributed by atoms with van der Waals surface area (Å²) in [5.41, 5.74) is 8.58. The number of aromatic nitrogens is 4. The molecule has 0 aliphatic rings. The Morgan fingerprint density at radius 3 is 1.82 bits per heavy atom. The molecule has 0 aliphatic carbocycles. The van der Waals surface area contributed by atoms with E-state index in [4.69, 9.17) is 17.7 Å². The van der Waals surface area contributed by atoms with E-state index in [1.807, 2.05) is 83.4 Å². The Balaban J connectivity index is 1.20. The summed E-state index contributed by atoms with van der Waals surface area (Å²) in [4.78, 5) is 15.5. The molecule has 0 saturated heterocycles. The van der Waals surface area contributed by atoms with Crippen LogP contribution < -0.4 is 0 Å². The largest absolute Gasteiger partial charge is 0.277 e. The third-order valence-corrected chi connectivity index (χ3v) is 11.5. The lowest BCUT2D eigenvalue weighted by atomic mass is 9.97. The van der Waals surface area contributed by atoms with Crippen LogP contribution in [-0.2, 0) is 0 Å². The summed E-state index contributed by atoms with van der Waals surface area (Å²) >= 11 is 1.72. The van der Waals surface area contributed by atoms with E-state index in [1.165, 1.54) is 10.1 Å². The molecule has 0 unspecified atom stereocenters. The van der Waals surface area contributed by atoms with E-state index in [0.29, 0.717) is 33.5 Å². The molecule has 11 aromatic rings. The fraction of sp³-hybridized carbons (Fsp3) is 0. The summed E-state index contributed by atoms with van der Waals surface area (Å²) in [6.45, 7) is 0. The fourth-order valence-corrected chi connectivity index (χ4v) is 8.87. The summed E-state index contributed by atoms with van der Waals surface area (Å²) in [6, 6.07) is 56.5. The summed E-state index contributed by atoms with van der Waals surface area (Å²) in [6.07, 6.45) is 0. The Kier molecular flexibility index (Phi) is 6.70. The van der Waals surface area contributed by atoms with Crippen molar-refractivity contribution in [3.05, 3.63) is 194 Å². The van der Waals surface area contributed by atoms with Gasteiger partial charge in [0, 0.05) is 47.6 Å². The number of rotatable bonds is 6. The molecule has 0 amide bonds. The molecule has 0 fully saturated rings. The van der Waals surface area contributed by atoms with Crippen molar-refractivity contribution in [1.29, 1.82) is 0 Å². The molecule has 3 heterocycles. The van der Waals surface area contributed by atoms with E-state index >= 15 is 0 Å². The Morgan fingerprint density at radius 2 is 1.00 bits per heavy atom. The van der Waals surface area contributed by atoms with E-state index in [-0.39, 0.29) is 30.1 Å². The zero-order valence-electron chi connectivity index (χ0n) is 33.9. The van der Waals surface area contributed by atoms with Gasteiger partial charge in [-0.3, -0.25) is 4.57 Å². The molecular formula is C51H32N4S. The molecule has 0 N–H and O–H groups in total. The van der Waals surface area contributed by atoms with Gasteiger partial charge in [0.05, 0.1) is 16.5 Å². The first-order valence-electron chi connectivity index (χ1n) is 20.4. The monoisotopic (exact) mass is 736 g/mol. The number of hydrogen-bond donors (Lipinski definition) is 0. The summed E-state index contributed by atoms with van der Waals surface area (Å²) < 4.78 is 40.3. The predicted molar refractivity (Wildman–Crippen MR) is 234 cm³/mol. The number of para-hydroxylation sites is 2. The summed E-state index contributed by atoms with van der Waals surface area (Å²) in [7, 11) is 0. The minimum atomic E-state index is -0.328. The van der Waals surface area contributed by atoms with Crippen LogP contribution in [0.5, 0.6) is 0 Å². The number of fused-ring (bicyclic) bond motifs is 6. The standard InChI is InChI=1S/C51H32N4S/c1-3-13-33(14-4-1)35-25-27-36(28-26-35)49-52-50(39-29-30-43-42-20-8-10-24-46(42)56-47(43)32-39)54-51(53-49)55-45-23-9-7-19-41(45)44-22-12-21-40(48(44)55)38-18-11-17-37(31-38)34-15-5-2-6-16-34/h1-32H/i7D,9D,19D,23D. The zero-order valence-corrected chi connectivity index (χ0v) is 30.7. The van der Waals surface area contributed by atoms with Crippen molar-refractivity contribution < 1.29 is 5.48 Å². The molecule has 0 saturated carbocycles. The Bertz CT molecular complexity index is 3470. The SMILES string of the molecule is [2H]c1c([2H])c([2H])c2c(c1[2H])c1cccc(-c3cccc(-c4ccccc4)c3)c1n2-c1nc(-c2ccc(-c3ccccc3)cc2)nc(-c2ccc3c(c2)sc2ccccc23)n1. The maximum atomic E-state index is 9.37. The van der Waals surface area contributed by atoms with Crippen molar-refractivity contribution in [3.63, 3.8) is 0 Å². The van der Waals surface area contributed by atoms with Crippen LogP contribution in [0.3, 0.4) is 0 Å². The second kappa shape index (κ2) is 13.3. The minimum absolute atomic E-state index is 0.119. The highest BCUT2D eigenvalue weighted by Gasteiger charge is 2.21. The molecule has 0 atom stereocenters. The van der Waals surface area contributed by atoms with Crippen molar-refractivity contribution in [2.75, 3.05) is 0 Å². The first-order chi connectivity index (χ1) is 29.4. The lowest BCUT2D eigenvalue weighted by Crippen LogP contribution is -2.07. The van der Waals surface area contributed by atoms with Gasteiger partial charge in [0.1, 0.15) is 0 Å². The summed E-state index contributed by atoms with van der Waals surface area (Å²) in [5, 5.41) is 3.43. The Morgan fingerprint density at radius 1 is 0.411 bits per heavy atom. The molecular weight excluding hydrogens is 701 g/mol. The van der Waals surface area contributed by atoms with Gasteiger partial charge in [0.25, 0.3) is 0 Å². The van der Waals surface area contributed by atoms with E-state index in [1.54, 1.807) is 11.3 Å². The first-order valence-corrected chi connectivity index (χ1v) is 19.3. The molecule has 0 spiro atoms. The highest BCUT2D eigenvalue weighted by molar-refractivity contribution is 7.25. The third-order valence-electron chi connectivity index (χ3n) is 10.4. The van der Waals surface area contributed by atoms with Crippen LogP contribution in [-0.4, -0.2) is 19.5 Å². The lowest BCUT2D eigenvalue weighted by Gasteiger charge is -2.14. The van der Waals surface area contributed by atoms with Gasteiger partial charge in [0.2, 0.25) is 5.95 Å². The van der Waals surface area contributed by atoms with E-state index in [9.17, 15) is 2.74 Å². The number of benzene rings is 8. The maximum absolute atomic E-state index is 9.37. The van der Waals surface area contributed by atoms with Crippen LogP contribution in [0, 0.1) is 0 Å². The molecule has 5 heteroatoms. The smallest absolute Gasteiger partial charge is 0.238 e. The van der Waals surface area contributed by atoms with Crippen LogP contribution in [0.2, 0.25) is 0 Å². The van der Waals surface area contributed by atoms with Crippen LogP contribution in [0.15, 0.2) is 194 Å². The average molecular weight is 737 g/mol. The molecule has 0 radical (unpaired) electrons. The van der Waals surface area contributed by atoms with E-state index in [0.717, 1.165) is 54.6 Å². The highest BCUT2D eigenvalue weighted by atomic mass is 32.1. The molecule has 0 aliphatic heterocycles. The second-order valence-electron chi connectivity index (χ2n) is 13.7. The molecule has 262 valence electrons. The van der Waals surface area contributed by atoms with Crippen molar-refractivity contribution >= 4 is 53.3 Å². The van der Waals surface area contributed by atoms with Gasteiger partial charge >= 0.3 is 0 Å². The lowest BCUT2D eigenvalue weighted by molar-refractivity contribution is 0.954. The number of nitrogens with zero attached hydrogens (tertiary/aromatic N) is 4. The van der Waals surface area contributed by atoms with Gasteiger partial charge in [-0.05, 0) is 52.1 Å². The predicted octanol–water partition coefficient (Wildman–Crippen LogP) is 13.7. The van der Waals surface area contributed by atoms with Crippen molar-refractivity contribution in [2.24, 2.45) is 0 Å². The van der Waals surface area contributed by atoms with Crippen LogP contribution >= 0.6 is 11.3 Å². The molecule has 11 rings (SSSR count). The Labute approximate surface area is 333 Å². The van der Waals surface area contributed by atoms with Crippen molar-refractivity contribution in [1.82, 2.24) is 19.5 Å². The quantitative estimate of drug-likeness (QED) is 0.171. The van der Waals surface area contributed by atoms with Crippen LogP contribution in [0.25, 0.3) is 104 Å². The molecule has 3 aromatic heterocycles.